The average molecular weight is 427 g/mol. The molecule has 0 aromatic heterocycles. The van der Waals surface area contributed by atoms with Gasteiger partial charge in [0.05, 0.1) is 13.2 Å². The molecule has 8 nitrogen and oxygen atoms in total. The second-order valence-electron chi connectivity index (χ2n) is 7.21. The molecule has 0 saturated carbocycles. The molecule has 0 atom stereocenters. The molecule has 0 aliphatic rings. The van der Waals surface area contributed by atoms with Crippen molar-refractivity contribution < 1.29 is 19.1 Å². The first-order chi connectivity index (χ1) is 14.9. The van der Waals surface area contributed by atoms with Gasteiger partial charge in [0.2, 0.25) is 11.8 Å². The summed E-state index contributed by atoms with van der Waals surface area (Å²) in [6.07, 6.45) is 1.15. The molecule has 2 rings (SSSR count). The number of amides is 3. The summed E-state index contributed by atoms with van der Waals surface area (Å²) in [6, 6.07) is 14.4. The maximum Gasteiger partial charge on any atom is 0.251 e. The molecule has 0 radical (unpaired) electrons. The molecule has 8 heteroatoms. The Bertz CT molecular complexity index is 864. The molecule has 2 aromatic rings. The van der Waals surface area contributed by atoms with Crippen LogP contribution in [-0.2, 0) is 20.7 Å². The molecule has 0 bridgehead atoms. The highest BCUT2D eigenvalue weighted by atomic mass is 16.5. The summed E-state index contributed by atoms with van der Waals surface area (Å²) in [4.78, 5) is 37.4. The van der Waals surface area contributed by atoms with Crippen molar-refractivity contribution >= 4 is 29.1 Å². The number of anilines is 2. The van der Waals surface area contributed by atoms with Crippen molar-refractivity contribution in [1.82, 2.24) is 10.2 Å². The average Bonchev–Trinajstić information content (AvgIpc) is 2.77. The molecule has 0 aliphatic heterocycles. The third-order valence-electron chi connectivity index (χ3n) is 4.56. The Balaban J connectivity index is 1.76. The quantitative estimate of drug-likeness (QED) is 0.478. The first-order valence-electron chi connectivity index (χ1n) is 10.1. The van der Waals surface area contributed by atoms with Gasteiger partial charge in [0.1, 0.15) is 0 Å². The number of aryl methyl sites for hydroxylation is 1. The van der Waals surface area contributed by atoms with Gasteiger partial charge in [-0.05, 0) is 48.4 Å². The largest absolute Gasteiger partial charge is 0.383 e. The van der Waals surface area contributed by atoms with Crippen LogP contribution >= 0.6 is 0 Å². The molecular formula is C23H30N4O4. The first kappa shape index (κ1) is 23.9. The van der Waals surface area contributed by atoms with Crippen molar-refractivity contribution in [2.45, 2.75) is 12.8 Å². The van der Waals surface area contributed by atoms with Crippen molar-refractivity contribution in [3.63, 3.8) is 0 Å². The van der Waals surface area contributed by atoms with Crippen molar-refractivity contribution in [1.29, 1.82) is 0 Å². The number of nitrogens with zero attached hydrogens (tertiary/aromatic N) is 1. The topological polar surface area (TPSA) is 99.8 Å². The third kappa shape index (κ3) is 8.47. The highest BCUT2D eigenvalue weighted by Gasteiger charge is 2.07. The van der Waals surface area contributed by atoms with E-state index in [0.29, 0.717) is 37.2 Å². The molecule has 3 N–H and O–H groups in total. The summed E-state index contributed by atoms with van der Waals surface area (Å²) in [5.41, 5.74) is 3.01. The number of hydrogen-bond acceptors (Lipinski definition) is 5. The van der Waals surface area contributed by atoms with Crippen LogP contribution in [-0.4, -0.2) is 63.5 Å². The Morgan fingerprint density at radius 1 is 0.935 bits per heavy atom. The van der Waals surface area contributed by atoms with Crippen molar-refractivity contribution in [2.24, 2.45) is 0 Å². The van der Waals surface area contributed by atoms with Crippen LogP contribution in [0.4, 0.5) is 11.4 Å². The molecule has 2 aromatic carbocycles. The Hall–Kier alpha value is -3.39. The van der Waals surface area contributed by atoms with Crippen molar-refractivity contribution in [3.05, 3.63) is 59.7 Å². The smallest absolute Gasteiger partial charge is 0.251 e. The minimum atomic E-state index is -0.196. The van der Waals surface area contributed by atoms with Crippen LogP contribution < -0.4 is 16.0 Å². The second kappa shape index (κ2) is 12.3. The van der Waals surface area contributed by atoms with Gasteiger partial charge in [-0.2, -0.15) is 0 Å². The lowest BCUT2D eigenvalue weighted by atomic mass is 10.1. The summed E-state index contributed by atoms with van der Waals surface area (Å²) in [7, 11) is 5.07. The highest BCUT2D eigenvalue weighted by Crippen LogP contribution is 2.12. The molecule has 0 fully saturated rings. The van der Waals surface area contributed by atoms with E-state index >= 15 is 0 Å². The number of rotatable bonds is 11. The van der Waals surface area contributed by atoms with Crippen molar-refractivity contribution in [3.8, 4) is 0 Å². The molecular weight excluding hydrogens is 396 g/mol. The zero-order valence-corrected chi connectivity index (χ0v) is 18.2. The van der Waals surface area contributed by atoms with Gasteiger partial charge >= 0.3 is 0 Å². The molecule has 0 spiro atoms. The van der Waals surface area contributed by atoms with E-state index in [1.54, 1.807) is 50.4 Å². The van der Waals surface area contributed by atoms with E-state index in [1.165, 1.54) is 0 Å². The third-order valence-corrected chi connectivity index (χ3v) is 4.56. The van der Waals surface area contributed by atoms with Crippen LogP contribution in [0.1, 0.15) is 22.3 Å². The van der Waals surface area contributed by atoms with Crippen LogP contribution in [0.5, 0.6) is 0 Å². The lowest BCUT2D eigenvalue weighted by Crippen LogP contribution is -2.27. The van der Waals surface area contributed by atoms with E-state index in [2.05, 4.69) is 16.0 Å². The standard InChI is InChI=1S/C23H30N4O4/c1-27(2)22(29)13-6-17-4-9-19(10-5-17)25-16-21(28)26-20-11-7-18(8-12-20)23(30)24-14-15-31-3/h4-5,7-12,25H,6,13-16H2,1-3H3,(H,24,30)(H,26,28). The van der Waals surface area contributed by atoms with Crippen LogP contribution in [0, 0.1) is 0 Å². The summed E-state index contributed by atoms with van der Waals surface area (Å²) in [5.74, 6) is -0.289. The fourth-order valence-electron chi connectivity index (χ4n) is 2.73. The molecule has 0 heterocycles. The van der Waals surface area contributed by atoms with E-state index < -0.39 is 0 Å². The number of nitrogens with one attached hydrogen (secondary N) is 3. The number of hydrogen-bond donors (Lipinski definition) is 3. The van der Waals surface area contributed by atoms with E-state index in [1.807, 2.05) is 24.3 Å². The van der Waals surface area contributed by atoms with E-state index in [0.717, 1.165) is 11.3 Å². The Labute approximate surface area is 183 Å². The van der Waals surface area contributed by atoms with Gasteiger partial charge in [-0.25, -0.2) is 0 Å². The van der Waals surface area contributed by atoms with Gasteiger partial charge in [-0.15, -0.1) is 0 Å². The normalized spacial score (nSPS) is 10.3. The van der Waals surface area contributed by atoms with Crippen LogP contribution in [0.2, 0.25) is 0 Å². The van der Waals surface area contributed by atoms with Gasteiger partial charge in [0.25, 0.3) is 5.91 Å². The number of benzene rings is 2. The monoisotopic (exact) mass is 426 g/mol. The minimum Gasteiger partial charge on any atom is -0.383 e. The van der Waals surface area contributed by atoms with Gasteiger partial charge in [0, 0.05) is 51.1 Å². The maximum absolute atomic E-state index is 12.2. The molecule has 0 saturated heterocycles. The van der Waals surface area contributed by atoms with Crippen LogP contribution in [0.15, 0.2) is 48.5 Å². The van der Waals surface area contributed by atoms with Gasteiger partial charge in [0.15, 0.2) is 0 Å². The molecule has 0 aliphatic carbocycles. The van der Waals surface area contributed by atoms with E-state index in [9.17, 15) is 14.4 Å². The highest BCUT2D eigenvalue weighted by molar-refractivity contribution is 5.96. The molecule has 166 valence electrons. The molecule has 3 amide bonds. The zero-order chi connectivity index (χ0) is 22.6. The Morgan fingerprint density at radius 3 is 2.19 bits per heavy atom. The number of carbonyl (C=O) groups is 3. The zero-order valence-electron chi connectivity index (χ0n) is 18.2. The number of methoxy groups -OCH3 is 1. The molecule has 0 unspecified atom stereocenters. The predicted molar refractivity (Wildman–Crippen MR) is 121 cm³/mol. The van der Waals surface area contributed by atoms with E-state index in [-0.39, 0.29) is 24.3 Å². The summed E-state index contributed by atoms with van der Waals surface area (Å²) in [5, 5.41) is 8.60. The summed E-state index contributed by atoms with van der Waals surface area (Å²) in [6.45, 7) is 0.998. The lowest BCUT2D eigenvalue weighted by molar-refractivity contribution is -0.128. The fraction of sp³-hybridized carbons (Fsp3) is 0.348. The van der Waals surface area contributed by atoms with Gasteiger partial charge in [-0.3, -0.25) is 14.4 Å². The summed E-state index contributed by atoms with van der Waals surface area (Å²) < 4.78 is 4.90. The minimum absolute atomic E-state index is 0.0960. The lowest BCUT2D eigenvalue weighted by Gasteiger charge is -2.11. The van der Waals surface area contributed by atoms with Crippen molar-refractivity contribution in [2.75, 3.05) is 51.5 Å². The predicted octanol–water partition coefficient (Wildman–Crippen LogP) is 2.13. The van der Waals surface area contributed by atoms with Crippen LogP contribution in [0.25, 0.3) is 0 Å². The second-order valence-corrected chi connectivity index (χ2v) is 7.21. The number of carbonyl (C=O) groups excluding carboxylic acids is 3. The first-order valence-corrected chi connectivity index (χ1v) is 10.1. The van der Waals surface area contributed by atoms with Gasteiger partial charge in [-0.1, -0.05) is 12.1 Å². The van der Waals surface area contributed by atoms with E-state index in [4.69, 9.17) is 4.74 Å². The maximum atomic E-state index is 12.2. The Morgan fingerprint density at radius 2 is 1.58 bits per heavy atom. The fourth-order valence-corrected chi connectivity index (χ4v) is 2.73. The Kier molecular flexibility index (Phi) is 9.51. The van der Waals surface area contributed by atoms with Crippen LogP contribution in [0.3, 0.4) is 0 Å². The SMILES string of the molecule is COCCNC(=O)c1ccc(NC(=O)CNc2ccc(CCC(=O)N(C)C)cc2)cc1. The van der Waals surface area contributed by atoms with Gasteiger partial charge < -0.3 is 25.6 Å². The number of ether oxygens (including phenoxy) is 1. The summed E-state index contributed by atoms with van der Waals surface area (Å²) >= 11 is 0. The molecule has 31 heavy (non-hydrogen) atoms.